The Morgan fingerprint density at radius 2 is 2.23 bits per heavy atom. The minimum Gasteiger partial charge on any atom is -0.382 e. The van der Waals surface area contributed by atoms with Crippen molar-refractivity contribution < 1.29 is 0 Å². The highest BCUT2D eigenvalue weighted by Crippen LogP contribution is 2.34. The highest BCUT2D eigenvalue weighted by atomic mass is 32.2. The summed E-state index contributed by atoms with van der Waals surface area (Å²) in [6, 6.07) is 0. The molecule has 0 aromatic carbocycles. The molecule has 0 saturated heterocycles. The largest absolute Gasteiger partial charge is 0.382 e. The van der Waals surface area contributed by atoms with Crippen LogP contribution < -0.4 is 10.8 Å². The van der Waals surface area contributed by atoms with Crippen molar-refractivity contribution in [2.45, 2.75) is 44.7 Å². The fraction of sp³-hybridized carbons (Fsp3) is 0.714. The van der Waals surface area contributed by atoms with Gasteiger partial charge in [-0.25, -0.2) is 9.97 Å². The molecule has 3 N–H and O–H groups in total. The molecule has 1 aromatic heterocycles. The van der Waals surface area contributed by atoms with Crippen LogP contribution in [0.2, 0.25) is 0 Å². The summed E-state index contributed by atoms with van der Waals surface area (Å²) in [7, 11) is 2.43. The smallest absolute Gasteiger partial charge is 0.191 e. The van der Waals surface area contributed by atoms with E-state index in [1.54, 1.807) is 11.8 Å². The summed E-state index contributed by atoms with van der Waals surface area (Å²) < 4.78 is 0. The van der Waals surface area contributed by atoms with Gasteiger partial charge in [0.05, 0.1) is 6.54 Å². The molecule has 2 rings (SSSR count). The first-order valence-corrected chi connectivity index (χ1v) is 9.34. The van der Waals surface area contributed by atoms with Gasteiger partial charge in [-0.1, -0.05) is 32.0 Å². The highest BCUT2D eigenvalue weighted by molar-refractivity contribution is 7.99. The molecule has 0 aliphatic heterocycles. The third-order valence-electron chi connectivity index (χ3n) is 3.78. The second-order valence-corrected chi connectivity index (χ2v) is 7.14. The number of nitrogens with one attached hydrogen (secondary N) is 1. The molecular weight excluding hydrogens is 315 g/mol. The zero-order chi connectivity index (χ0) is 15.9. The van der Waals surface area contributed by atoms with Gasteiger partial charge in [-0.3, -0.25) is 0 Å². The van der Waals surface area contributed by atoms with E-state index in [0.29, 0.717) is 28.4 Å². The third kappa shape index (κ3) is 4.78. The molecule has 1 fully saturated rings. The lowest BCUT2D eigenvalue weighted by molar-refractivity contribution is 0.519. The van der Waals surface area contributed by atoms with Crippen LogP contribution in [0, 0.1) is 11.8 Å². The number of anilines is 2. The van der Waals surface area contributed by atoms with Gasteiger partial charge in [-0.15, -0.1) is 5.11 Å². The minimum atomic E-state index is 0.377. The molecule has 1 saturated carbocycles. The number of rotatable bonds is 7. The standard InChI is InChI=1S/C14H25N6PS/c1-3-6-22-14-17-12(15)11(13(18-14)20-21)19-16-8-10-5-4-9(2)7-10/h9-10H,3-8,21H2,1-2H3,(H3,15,17,18,20). The summed E-state index contributed by atoms with van der Waals surface area (Å²) in [5.41, 5.74) is 6.55. The molecule has 1 aromatic rings. The Kier molecular flexibility index (Phi) is 6.83. The van der Waals surface area contributed by atoms with Crippen LogP contribution in [0.5, 0.6) is 0 Å². The first-order valence-electron chi connectivity index (χ1n) is 7.78. The predicted molar refractivity (Wildman–Crippen MR) is 96.7 cm³/mol. The van der Waals surface area contributed by atoms with Crippen LogP contribution in [0.1, 0.15) is 39.5 Å². The maximum absolute atomic E-state index is 6.02. The van der Waals surface area contributed by atoms with Crippen LogP contribution in [0.15, 0.2) is 15.4 Å². The van der Waals surface area contributed by atoms with Gasteiger partial charge in [-0.05, 0) is 40.5 Å². The Bertz CT molecular complexity index is 524. The number of nitrogens with two attached hydrogens (primary N) is 1. The van der Waals surface area contributed by atoms with E-state index in [1.165, 1.54) is 19.3 Å². The highest BCUT2D eigenvalue weighted by Gasteiger charge is 2.21. The summed E-state index contributed by atoms with van der Waals surface area (Å²) in [4.78, 5) is 8.75. The van der Waals surface area contributed by atoms with Crippen molar-refractivity contribution >= 4 is 38.5 Å². The number of azo groups is 1. The third-order valence-corrected chi connectivity index (χ3v) is 5.10. The maximum Gasteiger partial charge on any atom is 0.191 e. The summed E-state index contributed by atoms with van der Waals surface area (Å²) >= 11 is 1.59. The minimum absolute atomic E-state index is 0.377. The average molecular weight is 340 g/mol. The Balaban J connectivity index is 2.05. The monoisotopic (exact) mass is 340 g/mol. The summed E-state index contributed by atoms with van der Waals surface area (Å²) in [5.74, 6) is 3.42. The van der Waals surface area contributed by atoms with Crippen LogP contribution in [-0.4, -0.2) is 22.3 Å². The van der Waals surface area contributed by atoms with Crippen LogP contribution in [0.25, 0.3) is 0 Å². The van der Waals surface area contributed by atoms with Crippen molar-refractivity contribution in [2.24, 2.45) is 22.1 Å². The lowest BCUT2D eigenvalue weighted by atomic mass is 10.1. The average Bonchev–Trinajstić information content (AvgIpc) is 2.92. The molecule has 8 heteroatoms. The maximum atomic E-state index is 6.02. The van der Waals surface area contributed by atoms with Gasteiger partial charge >= 0.3 is 0 Å². The topological polar surface area (TPSA) is 88.5 Å². The van der Waals surface area contributed by atoms with Crippen molar-refractivity contribution in [1.82, 2.24) is 9.97 Å². The Morgan fingerprint density at radius 3 is 2.86 bits per heavy atom. The van der Waals surface area contributed by atoms with Crippen LogP contribution in [0.4, 0.5) is 17.3 Å². The molecule has 3 atom stereocenters. The molecule has 6 nitrogen and oxygen atoms in total. The van der Waals surface area contributed by atoms with Gasteiger partial charge in [0.25, 0.3) is 0 Å². The van der Waals surface area contributed by atoms with Crippen molar-refractivity contribution in [3.8, 4) is 0 Å². The Hall–Kier alpha value is -0.940. The second-order valence-electron chi connectivity index (χ2n) is 5.79. The molecule has 0 radical (unpaired) electrons. The van der Waals surface area contributed by atoms with Gasteiger partial charge in [0, 0.05) is 5.75 Å². The van der Waals surface area contributed by atoms with E-state index >= 15 is 0 Å². The van der Waals surface area contributed by atoms with Crippen molar-refractivity contribution in [2.75, 3.05) is 23.1 Å². The predicted octanol–water partition coefficient (Wildman–Crippen LogP) is 4.28. The summed E-state index contributed by atoms with van der Waals surface area (Å²) in [5, 5.41) is 12.2. The molecule has 0 bridgehead atoms. The van der Waals surface area contributed by atoms with Crippen LogP contribution in [0.3, 0.4) is 0 Å². The lowest BCUT2D eigenvalue weighted by Gasteiger charge is -2.08. The van der Waals surface area contributed by atoms with E-state index < -0.39 is 0 Å². The van der Waals surface area contributed by atoms with Gasteiger partial charge in [0.1, 0.15) is 0 Å². The molecule has 1 aliphatic rings. The zero-order valence-corrected chi connectivity index (χ0v) is 15.2. The van der Waals surface area contributed by atoms with E-state index in [-0.39, 0.29) is 0 Å². The fourth-order valence-corrected chi connectivity index (χ4v) is 3.53. The molecular formula is C14H25N6PS. The molecule has 22 heavy (non-hydrogen) atoms. The van der Waals surface area contributed by atoms with Gasteiger partial charge < -0.3 is 10.8 Å². The number of hydrogen-bond donors (Lipinski definition) is 2. The van der Waals surface area contributed by atoms with Gasteiger partial charge in [-0.2, -0.15) is 5.11 Å². The number of nitrogens with zero attached hydrogens (tertiary/aromatic N) is 4. The van der Waals surface area contributed by atoms with E-state index in [0.717, 1.165) is 24.6 Å². The first kappa shape index (κ1) is 17.4. The summed E-state index contributed by atoms with van der Waals surface area (Å²) in [6.07, 6.45) is 4.85. The van der Waals surface area contributed by atoms with Gasteiger partial charge in [0.15, 0.2) is 22.5 Å². The Labute approximate surface area is 138 Å². The SMILES string of the molecule is CCCSc1nc(N)c(N=NCC2CCC(C)C2)c(NP)n1. The van der Waals surface area contributed by atoms with E-state index in [9.17, 15) is 0 Å². The van der Waals surface area contributed by atoms with Crippen molar-refractivity contribution in [3.05, 3.63) is 0 Å². The molecule has 1 aliphatic carbocycles. The lowest BCUT2D eigenvalue weighted by Crippen LogP contribution is -2.01. The van der Waals surface area contributed by atoms with Crippen LogP contribution >= 0.6 is 21.2 Å². The van der Waals surface area contributed by atoms with Crippen molar-refractivity contribution in [3.63, 3.8) is 0 Å². The molecule has 122 valence electrons. The number of thioether (sulfide) groups is 1. The zero-order valence-electron chi connectivity index (χ0n) is 13.2. The van der Waals surface area contributed by atoms with E-state index in [1.807, 2.05) is 0 Å². The summed E-state index contributed by atoms with van der Waals surface area (Å²) in [6.45, 7) is 5.18. The normalized spacial score (nSPS) is 21.6. The first-order chi connectivity index (χ1) is 10.6. The number of aromatic nitrogens is 2. The molecule has 0 spiro atoms. The number of nitrogen functional groups attached to an aromatic ring is 1. The van der Waals surface area contributed by atoms with Gasteiger partial charge in [0.2, 0.25) is 0 Å². The van der Waals surface area contributed by atoms with E-state index in [4.69, 9.17) is 5.73 Å². The van der Waals surface area contributed by atoms with Crippen LogP contribution in [-0.2, 0) is 0 Å². The molecule has 1 heterocycles. The Morgan fingerprint density at radius 1 is 1.41 bits per heavy atom. The second kappa shape index (κ2) is 8.63. The van der Waals surface area contributed by atoms with Crippen molar-refractivity contribution in [1.29, 1.82) is 0 Å². The fourth-order valence-electron chi connectivity index (χ4n) is 2.63. The van der Waals surface area contributed by atoms with E-state index in [2.05, 4.69) is 48.5 Å². The number of hydrogen-bond acceptors (Lipinski definition) is 7. The molecule has 3 unspecified atom stereocenters. The quantitative estimate of drug-likeness (QED) is 0.335. The molecule has 0 amide bonds.